The van der Waals surface area contributed by atoms with E-state index in [4.69, 9.17) is 0 Å². The molecule has 1 amide bonds. The summed E-state index contributed by atoms with van der Waals surface area (Å²) in [6, 6.07) is 3.99. The first-order valence-corrected chi connectivity index (χ1v) is 7.03. The highest BCUT2D eigenvalue weighted by Crippen LogP contribution is 2.26. The predicted molar refractivity (Wildman–Crippen MR) is 69.0 cm³/mol. The molecule has 0 aliphatic heterocycles. The number of carbonyl (C=O) groups excluding carboxylic acids is 1. The lowest BCUT2D eigenvalue weighted by atomic mass is 9.85. The molecule has 1 heterocycles. The average Bonchev–Trinajstić information content (AvgIpc) is 2.63. The van der Waals surface area contributed by atoms with E-state index < -0.39 is 6.10 Å². The Morgan fingerprint density at radius 1 is 1.59 bits per heavy atom. The number of aliphatic hydroxyl groups excluding tert-OH is 1. The van der Waals surface area contributed by atoms with Crippen LogP contribution in [0.3, 0.4) is 0 Å². The molecule has 0 spiro atoms. The standard InChI is InChI=1S/C13H19NO2S/c1-9(15)12-6-5-11(17-12)7-8-14-13(16)10-3-2-4-10/h5-6,9-10,15H,2-4,7-8H2,1H3,(H,14,16). The van der Waals surface area contributed by atoms with E-state index in [2.05, 4.69) is 5.32 Å². The number of aliphatic hydroxyl groups is 1. The van der Waals surface area contributed by atoms with Crippen molar-refractivity contribution < 1.29 is 9.90 Å². The fourth-order valence-corrected chi connectivity index (χ4v) is 2.83. The molecule has 3 nitrogen and oxygen atoms in total. The van der Waals surface area contributed by atoms with Gasteiger partial charge in [0.15, 0.2) is 0 Å². The first kappa shape index (κ1) is 12.6. The van der Waals surface area contributed by atoms with Crippen molar-refractivity contribution in [2.75, 3.05) is 6.54 Å². The fraction of sp³-hybridized carbons (Fsp3) is 0.615. The first-order chi connectivity index (χ1) is 8.16. The molecule has 1 aromatic rings. The second-order valence-corrected chi connectivity index (χ2v) is 5.85. The van der Waals surface area contributed by atoms with Crippen LogP contribution in [-0.2, 0) is 11.2 Å². The zero-order chi connectivity index (χ0) is 12.3. The third-order valence-electron chi connectivity index (χ3n) is 3.24. The molecular formula is C13H19NO2S. The molecule has 2 rings (SSSR count). The summed E-state index contributed by atoms with van der Waals surface area (Å²) in [6.07, 6.45) is 3.77. The Morgan fingerprint density at radius 2 is 2.35 bits per heavy atom. The van der Waals surface area contributed by atoms with Crippen molar-refractivity contribution in [3.8, 4) is 0 Å². The summed E-state index contributed by atoms with van der Waals surface area (Å²) in [4.78, 5) is 13.8. The highest BCUT2D eigenvalue weighted by molar-refractivity contribution is 7.12. The van der Waals surface area contributed by atoms with Gasteiger partial charge in [0.2, 0.25) is 5.91 Å². The molecule has 17 heavy (non-hydrogen) atoms. The second-order valence-electron chi connectivity index (χ2n) is 4.65. The van der Waals surface area contributed by atoms with E-state index >= 15 is 0 Å². The van der Waals surface area contributed by atoms with Crippen molar-refractivity contribution in [1.82, 2.24) is 5.32 Å². The number of rotatable bonds is 5. The zero-order valence-corrected chi connectivity index (χ0v) is 10.9. The van der Waals surface area contributed by atoms with Crippen molar-refractivity contribution in [2.45, 2.75) is 38.7 Å². The van der Waals surface area contributed by atoms with E-state index in [0.717, 1.165) is 24.1 Å². The molecule has 1 unspecified atom stereocenters. The van der Waals surface area contributed by atoms with Gasteiger partial charge in [-0.05, 0) is 38.3 Å². The van der Waals surface area contributed by atoms with Gasteiger partial charge in [0, 0.05) is 22.2 Å². The molecule has 1 aromatic heterocycles. The third-order valence-corrected chi connectivity index (χ3v) is 4.56. The Kier molecular flexibility index (Phi) is 4.18. The number of nitrogens with one attached hydrogen (secondary N) is 1. The van der Waals surface area contributed by atoms with E-state index in [1.165, 1.54) is 11.3 Å². The lowest BCUT2D eigenvalue weighted by Crippen LogP contribution is -2.35. The van der Waals surface area contributed by atoms with Crippen molar-refractivity contribution in [1.29, 1.82) is 0 Å². The number of carbonyl (C=O) groups is 1. The molecule has 0 saturated heterocycles. The van der Waals surface area contributed by atoms with Gasteiger partial charge in [-0.1, -0.05) is 6.42 Å². The molecule has 1 aliphatic rings. The first-order valence-electron chi connectivity index (χ1n) is 6.21. The number of thiophene rings is 1. The minimum Gasteiger partial charge on any atom is -0.388 e. The zero-order valence-electron chi connectivity index (χ0n) is 10.1. The summed E-state index contributed by atoms with van der Waals surface area (Å²) in [7, 11) is 0. The number of hydrogen-bond donors (Lipinski definition) is 2. The SMILES string of the molecule is CC(O)c1ccc(CCNC(=O)C2CCC2)s1. The summed E-state index contributed by atoms with van der Waals surface area (Å²) in [6.45, 7) is 2.48. The van der Waals surface area contributed by atoms with Crippen LogP contribution in [0.5, 0.6) is 0 Å². The largest absolute Gasteiger partial charge is 0.388 e. The molecule has 94 valence electrons. The molecule has 1 aliphatic carbocycles. The molecule has 2 N–H and O–H groups in total. The highest BCUT2D eigenvalue weighted by Gasteiger charge is 2.24. The molecule has 1 fully saturated rings. The minimum absolute atomic E-state index is 0.212. The van der Waals surface area contributed by atoms with Gasteiger partial charge in [0.1, 0.15) is 0 Å². The van der Waals surface area contributed by atoms with Crippen molar-refractivity contribution in [3.63, 3.8) is 0 Å². The Balaban J connectivity index is 1.71. The van der Waals surface area contributed by atoms with Gasteiger partial charge in [-0.15, -0.1) is 11.3 Å². The van der Waals surface area contributed by atoms with E-state index in [1.54, 1.807) is 18.3 Å². The van der Waals surface area contributed by atoms with Crippen LogP contribution >= 0.6 is 11.3 Å². The summed E-state index contributed by atoms with van der Waals surface area (Å²) in [5, 5.41) is 12.4. The normalized spacial score (nSPS) is 17.5. The Labute approximate surface area is 106 Å². The van der Waals surface area contributed by atoms with Gasteiger partial charge < -0.3 is 10.4 Å². The average molecular weight is 253 g/mol. The van der Waals surface area contributed by atoms with Crippen LogP contribution in [0.1, 0.15) is 42.0 Å². The van der Waals surface area contributed by atoms with Gasteiger partial charge in [-0.3, -0.25) is 4.79 Å². The molecule has 1 saturated carbocycles. The maximum atomic E-state index is 11.6. The van der Waals surface area contributed by atoms with E-state index in [1.807, 2.05) is 12.1 Å². The Morgan fingerprint density at radius 3 is 2.88 bits per heavy atom. The number of amides is 1. The van der Waals surface area contributed by atoms with Crippen LogP contribution in [0.25, 0.3) is 0 Å². The van der Waals surface area contributed by atoms with Crippen LogP contribution in [0, 0.1) is 5.92 Å². The lowest BCUT2D eigenvalue weighted by molar-refractivity contribution is -0.127. The smallest absolute Gasteiger partial charge is 0.223 e. The molecule has 0 bridgehead atoms. The highest BCUT2D eigenvalue weighted by atomic mass is 32.1. The van der Waals surface area contributed by atoms with Crippen LogP contribution in [0.4, 0.5) is 0 Å². The second kappa shape index (κ2) is 5.65. The number of hydrogen-bond acceptors (Lipinski definition) is 3. The minimum atomic E-state index is -0.390. The molecule has 0 aromatic carbocycles. The fourth-order valence-electron chi connectivity index (χ4n) is 1.88. The van der Waals surface area contributed by atoms with Crippen LogP contribution in [0.2, 0.25) is 0 Å². The predicted octanol–water partition coefficient (Wildman–Crippen LogP) is 2.26. The molecule has 1 atom stereocenters. The Hall–Kier alpha value is -0.870. The summed E-state index contributed by atoms with van der Waals surface area (Å²) in [5.74, 6) is 0.481. The topological polar surface area (TPSA) is 49.3 Å². The van der Waals surface area contributed by atoms with Gasteiger partial charge in [0.25, 0.3) is 0 Å². The maximum Gasteiger partial charge on any atom is 0.223 e. The quantitative estimate of drug-likeness (QED) is 0.845. The molecular weight excluding hydrogens is 234 g/mol. The summed E-state index contributed by atoms with van der Waals surface area (Å²) in [5.41, 5.74) is 0. The van der Waals surface area contributed by atoms with Crippen molar-refractivity contribution in [3.05, 3.63) is 21.9 Å². The van der Waals surface area contributed by atoms with Crippen LogP contribution in [-0.4, -0.2) is 17.6 Å². The summed E-state index contributed by atoms with van der Waals surface area (Å²) < 4.78 is 0. The molecule has 0 radical (unpaired) electrons. The van der Waals surface area contributed by atoms with Crippen LogP contribution < -0.4 is 5.32 Å². The third kappa shape index (κ3) is 3.30. The molecule has 4 heteroatoms. The summed E-state index contributed by atoms with van der Waals surface area (Å²) >= 11 is 1.62. The van der Waals surface area contributed by atoms with Gasteiger partial charge in [-0.25, -0.2) is 0 Å². The van der Waals surface area contributed by atoms with E-state index in [0.29, 0.717) is 6.54 Å². The van der Waals surface area contributed by atoms with Gasteiger partial charge in [-0.2, -0.15) is 0 Å². The van der Waals surface area contributed by atoms with Gasteiger partial charge >= 0.3 is 0 Å². The maximum absolute atomic E-state index is 11.6. The lowest BCUT2D eigenvalue weighted by Gasteiger charge is -2.23. The monoisotopic (exact) mass is 253 g/mol. The van der Waals surface area contributed by atoms with Gasteiger partial charge in [0.05, 0.1) is 6.10 Å². The van der Waals surface area contributed by atoms with Crippen LogP contribution in [0.15, 0.2) is 12.1 Å². The van der Waals surface area contributed by atoms with E-state index in [-0.39, 0.29) is 11.8 Å². The van der Waals surface area contributed by atoms with Crippen molar-refractivity contribution in [2.24, 2.45) is 5.92 Å². The van der Waals surface area contributed by atoms with Crippen molar-refractivity contribution >= 4 is 17.2 Å². The van der Waals surface area contributed by atoms with E-state index in [9.17, 15) is 9.90 Å². The Bertz CT molecular complexity index is 383.